The second kappa shape index (κ2) is 4.94. The van der Waals surface area contributed by atoms with E-state index in [-0.39, 0.29) is 18.0 Å². The molecule has 1 aromatic heterocycles. The molecule has 1 aliphatic heterocycles. The van der Waals surface area contributed by atoms with Crippen molar-refractivity contribution in [3.05, 3.63) is 47.0 Å². The van der Waals surface area contributed by atoms with Crippen LogP contribution in [0.3, 0.4) is 0 Å². The van der Waals surface area contributed by atoms with Gasteiger partial charge in [-0.25, -0.2) is 0 Å². The highest BCUT2D eigenvalue weighted by atomic mass is 16.2. The zero-order valence-corrected chi connectivity index (χ0v) is 12.1. The molecular weight excluding hydrogens is 276 g/mol. The fourth-order valence-corrected chi connectivity index (χ4v) is 2.76. The molecule has 2 aliphatic rings. The number of nitrogen functional groups attached to an aromatic ring is 1. The molecule has 22 heavy (non-hydrogen) atoms. The Morgan fingerprint density at radius 3 is 2.86 bits per heavy atom. The Labute approximate surface area is 128 Å². The van der Waals surface area contributed by atoms with E-state index < -0.39 is 0 Å². The number of rotatable bonds is 3. The van der Waals surface area contributed by atoms with Crippen molar-refractivity contribution in [2.45, 2.75) is 19.0 Å². The fraction of sp³-hybridized carbons (Fsp3) is 0.235. The molecule has 5 nitrogen and oxygen atoms in total. The van der Waals surface area contributed by atoms with Crippen LogP contribution in [0.5, 0.6) is 0 Å². The highest BCUT2D eigenvalue weighted by Gasteiger charge is 2.30. The molecule has 0 spiro atoms. The highest BCUT2D eigenvalue weighted by Crippen LogP contribution is 2.28. The molecule has 1 fully saturated rings. The number of carbonyl (C=O) groups is 1. The van der Waals surface area contributed by atoms with E-state index in [1.54, 1.807) is 4.68 Å². The van der Waals surface area contributed by atoms with Gasteiger partial charge < -0.3 is 16.5 Å². The number of hydrogen-bond donors (Lipinski definition) is 3. The maximum Gasteiger partial charge on any atom is 0.224 e. The predicted octanol–water partition coefficient (Wildman–Crippen LogP) is -0.157. The first-order chi connectivity index (χ1) is 10.7. The summed E-state index contributed by atoms with van der Waals surface area (Å²) in [6, 6.07) is 10.1. The third kappa shape index (κ3) is 2.35. The van der Waals surface area contributed by atoms with Crippen LogP contribution in [0.2, 0.25) is 0 Å². The minimum absolute atomic E-state index is 0.134. The molecule has 1 saturated carbocycles. The van der Waals surface area contributed by atoms with Crippen molar-refractivity contribution in [2.75, 3.05) is 5.84 Å². The van der Waals surface area contributed by atoms with Gasteiger partial charge in [0.15, 0.2) is 0 Å². The van der Waals surface area contributed by atoms with Crippen LogP contribution in [-0.4, -0.2) is 16.7 Å². The van der Waals surface area contributed by atoms with Crippen LogP contribution in [0.25, 0.3) is 23.5 Å². The van der Waals surface area contributed by atoms with E-state index >= 15 is 0 Å². The number of benzene rings is 1. The lowest BCUT2D eigenvalue weighted by atomic mass is 10.1. The van der Waals surface area contributed by atoms with Gasteiger partial charge in [-0.2, -0.15) is 0 Å². The Morgan fingerprint density at radius 1 is 1.27 bits per heavy atom. The van der Waals surface area contributed by atoms with Gasteiger partial charge in [0, 0.05) is 23.9 Å². The average molecular weight is 294 g/mol. The van der Waals surface area contributed by atoms with E-state index in [1.807, 2.05) is 36.7 Å². The first-order valence-electron chi connectivity index (χ1n) is 7.52. The second-order valence-electron chi connectivity index (χ2n) is 5.88. The molecule has 4 rings (SSSR count). The molecule has 112 valence electrons. The number of nitrogens with one attached hydrogen (secondary N) is 2. The minimum Gasteiger partial charge on any atom is -0.368 e. The summed E-state index contributed by atoms with van der Waals surface area (Å²) in [5.74, 6) is 6.26. The number of hydrogen-bond acceptors (Lipinski definition) is 3. The van der Waals surface area contributed by atoms with Crippen molar-refractivity contribution >= 4 is 18.2 Å². The summed E-state index contributed by atoms with van der Waals surface area (Å²) in [6.07, 6.45) is 7.71. The first-order valence-corrected chi connectivity index (χ1v) is 7.52. The number of fused-ring (bicyclic) bond motifs is 1. The molecular formula is C17H18N4O. The minimum atomic E-state index is -0.134. The van der Waals surface area contributed by atoms with Gasteiger partial charge in [-0.15, -0.1) is 0 Å². The summed E-state index contributed by atoms with van der Waals surface area (Å²) in [4.78, 5) is 11.8. The Balaban J connectivity index is 1.62. The largest absolute Gasteiger partial charge is 0.368 e. The molecule has 0 radical (unpaired) electrons. The number of nitrogens with two attached hydrogens (primary N) is 1. The number of aromatic nitrogens is 1. The molecule has 0 bridgehead atoms. The lowest BCUT2D eigenvalue weighted by Gasteiger charge is -2.18. The SMILES string of the molecule is Nn1cccc1-c1ccc2c(c1)=CNC(NC(=O)C1CC1)C=2. The van der Waals surface area contributed by atoms with E-state index in [9.17, 15) is 4.79 Å². The summed E-state index contributed by atoms with van der Waals surface area (Å²) in [6.45, 7) is 0. The van der Waals surface area contributed by atoms with E-state index in [2.05, 4.69) is 22.8 Å². The molecule has 1 aliphatic carbocycles. The van der Waals surface area contributed by atoms with Gasteiger partial charge in [-0.3, -0.25) is 9.47 Å². The van der Waals surface area contributed by atoms with Gasteiger partial charge in [0.25, 0.3) is 0 Å². The first kappa shape index (κ1) is 13.0. The predicted molar refractivity (Wildman–Crippen MR) is 86.0 cm³/mol. The maximum absolute atomic E-state index is 11.8. The lowest BCUT2D eigenvalue weighted by molar-refractivity contribution is -0.122. The molecule has 1 amide bonds. The van der Waals surface area contributed by atoms with Crippen LogP contribution in [0.15, 0.2) is 36.5 Å². The molecule has 1 unspecified atom stereocenters. The number of carbonyl (C=O) groups excluding carboxylic acids is 1. The van der Waals surface area contributed by atoms with E-state index in [1.165, 1.54) is 0 Å². The highest BCUT2D eigenvalue weighted by molar-refractivity contribution is 5.82. The van der Waals surface area contributed by atoms with E-state index in [4.69, 9.17) is 5.84 Å². The van der Waals surface area contributed by atoms with Crippen LogP contribution < -0.4 is 26.9 Å². The number of amides is 1. The van der Waals surface area contributed by atoms with Gasteiger partial charge >= 0.3 is 0 Å². The van der Waals surface area contributed by atoms with Gasteiger partial charge in [0.05, 0.1) is 5.69 Å². The third-order valence-electron chi connectivity index (χ3n) is 4.17. The zero-order chi connectivity index (χ0) is 15.1. The van der Waals surface area contributed by atoms with E-state index in [0.717, 1.165) is 34.5 Å². The summed E-state index contributed by atoms with van der Waals surface area (Å²) < 4.78 is 1.61. The molecule has 2 heterocycles. The Bertz CT molecular complexity index is 848. The van der Waals surface area contributed by atoms with Crippen LogP contribution in [0.1, 0.15) is 12.8 Å². The van der Waals surface area contributed by atoms with Gasteiger partial charge in [0.2, 0.25) is 5.91 Å². The van der Waals surface area contributed by atoms with Crippen LogP contribution >= 0.6 is 0 Å². The Kier molecular flexibility index (Phi) is 2.92. The van der Waals surface area contributed by atoms with Crippen LogP contribution in [-0.2, 0) is 4.79 Å². The van der Waals surface area contributed by atoms with Crippen molar-refractivity contribution < 1.29 is 4.79 Å². The lowest BCUT2D eigenvalue weighted by Crippen LogP contribution is -2.48. The topological polar surface area (TPSA) is 72.1 Å². The molecule has 1 aromatic carbocycles. The molecule has 0 saturated heterocycles. The smallest absolute Gasteiger partial charge is 0.224 e. The summed E-state index contributed by atoms with van der Waals surface area (Å²) in [7, 11) is 0. The normalized spacial score (nSPS) is 19.4. The third-order valence-corrected chi connectivity index (χ3v) is 4.17. The van der Waals surface area contributed by atoms with Gasteiger partial charge in [0.1, 0.15) is 6.17 Å². The second-order valence-corrected chi connectivity index (χ2v) is 5.88. The fourth-order valence-electron chi connectivity index (χ4n) is 2.76. The quantitative estimate of drug-likeness (QED) is 0.689. The monoisotopic (exact) mass is 294 g/mol. The van der Waals surface area contributed by atoms with Crippen LogP contribution in [0, 0.1) is 5.92 Å². The average Bonchev–Trinajstić information content (AvgIpc) is 3.29. The standard InChI is InChI=1S/C17H18N4O/c18-21-7-1-2-15(21)13-6-5-12-9-16(19-10-14(12)8-13)20-17(22)11-3-4-11/h1-2,5-11,16,19H,3-4,18H2,(H,20,22). The summed E-state index contributed by atoms with van der Waals surface area (Å²) >= 11 is 0. The Morgan fingerprint density at radius 2 is 2.14 bits per heavy atom. The van der Waals surface area contributed by atoms with Crippen molar-refractivity contribution in [3.63, 3.8) is 0 Å². The molecule has 4 N–H and O–H groups in total. The molecule has 5 heteroatoms. The van der Waals surface area contributed by atoms with Crippen molar-refractivity contribution in [2.24, 2.45) is 5.92 Å². The molecule has 2 aromatic rings. The Hall–Kier alpha value is -2.69. The zero-order valence-electron chi connectivity index (χ0n) is 12.1. The van der Waals surface area contributed by atoms with E-state index in [0.29, 0.717) is 0 Å². The number of nitrogens with zero attached hydrogens (tertiary/aromatic N) is 1. The summed E-state index contributed by atoms with van der Waals surface area (Å²) in [5.41, 5.74) is 2.04. The molecule has 1 atom stereocenters. The summed E-state index contributed by atoms with van der Waals surface area (Å²) in [5, 5.41) is 8.44. The maximum atomic E-state index is 11.8. The van der Waals surface area contributed by atoms with Crippen molar-refractivity contribution in [1.82, 2.24) is 15.3 Å². The van der Waals surface area contributed by atoms with Crippen molar-refractivity contribution in [1.29, 1.82) is 0 Å². The van der Waals surface area contributed by atoms with Gasteiger partial charge in [-0.05, 0) is 47.6 Å². The van der Waals surface area contributed by atoms with Crippen LogP contribution in [0.4, 0.5) is 0 Å². The van der Waals surface area contributed by atoms with Crippen molar-refractivity contribution in [3.8, 4) is 11.3 Å². The van der Waals surface area contributed by atoms with Gasteiger partial charge in [-0.1, -0.05) is 12.1 Å².